The molecule has 0 bridgehead atoms. The summed E-state index contributed by atoms with van der Waals surface area (Å²) in [4.78, 5) is 3.60. The number of nitrogens with two attached hydrogens (primary N) is 1. The molecule has 0 unspecified atom stereocenters. The second kappa shape index (κ2) is 3.37. The van der Waals surface area contributed by atoms with Gasteiger partial charge in [-0.25, -0.2) is 4.98 Å². The van der Waals surface area contributed by atoms with Crippen molar-refractivity contribution in [3.63, 3.8) is 0 Å². The SMILES string of the molecule is Cc1nc(CC(F)(F)F)oc1CN. The molecule has 1 heterocycles. The van der Waals surface area contributed by atoms with Crippen molar-refractivity contribution >= 4 is 0 Å². The Bertz CT molecular complexity index is 292. The number of rotatable bonds is 2. The van der Waals surface area contributed by atoms with Crippen molar-refractivity contribution in [2.24, 2.45) is 5.73 Å². The van der Waals surface area contributed by atoms with E-state index in [4.69, 9.17) is 10.2 Å². The minimum atomic E-state index is -4.29. The van der Waals surface area contributed by atoms with Gasteiger partial charge in [-0.15, -0.1) is 0 Å². The Balaban J connectivity index is 2.80. The van der Waals surface area contributed by atoms with E-state index in [-0.39, 0.29) is 12.4 Å². The summed E-state index contributed by atoms with van der Waals surface area (Å²) in [5.41, 5.74) is 5.63. The van der Waals surface area contributed by atoms with Gasteiger partial charge in [-0.3, -0.25) is 0 Å². The van der Waals surface area contributed by atoms with E-state index >= 15 is 0 Å². The summed E-state index contributed by atoms with van der Waals surface area (Å²) in [5.74, 6) is -0.0234. The first kappa shape index (κ1) is 10.0. The van der Waals surface area contributed by atoms with Crippen LogP contribution in [0.15, 0.2) is 4.42 Å². The van der Waals surface area contributed by atoms with Gasteiger partial charge < -0.3 is 10.2 Å². The topological polar surface area (TPSA) is 52.0 Å². The van der Waals surface area contributed by atoms with Crippen LogP contribution in [-0.2, 0) is 13.0 Å². The van der Waals surface area contributed by atoms with Crippen molar-refractivity contribution in [3.05, 3.63) is 17.3 Å². The van der Waals surface area contributed by atoms with Gasteiger partial charge in [-0.2, -0.15) is 13.2 Å². The van der Waals surface area contributed by atoms with Crippen LogP contribution in [0.1, 0.15) is 17.3 Å². The molecule has 74 valence electrons. The lowest BCUT2D eigenvalue weighted by Crippen LogP contribution is -2.11. The standard InChI is InChI=1S/C7H9F3N2O/c1-4-5(3-11)13-6(12-4)2-7(8,9)10/h2-3,11H2,1H3. The molecule has 0 fully saturated rings. The summed E-state index contributed by atoms with van der Waals surface area (Å²) < 4.78 is 40.3. The van der Waals surface area contributed by atoms with Crippen LogP contribution in [0.2, 0.25) is 0 Å². The van der Waals surface area contributed by atoms with Crippen LogP contribution in [0.4, 0.5) is 13.2 Å². The zero-order chi connectivity index (χ0) is 10.1. The highest BCUT2D eigenvalue weighted by Gasteiger charge is 2.30. The first-order chi connectivity index (χ1) is 5.92. The van der Waals surface area contributed by atoms with Crippen LogP contribution >= 0.6 is 0 Å². The van der Waals surface area contributed by atoms with E-state index < -0.39 is 12.6 Å². The molecule has 0 aromatic carbocycles. The number of alkyl halides is 3. The average molecular weight is 194 g/mol. The number of aryl methyl sites for hydroxylation is 1. The Morgan fingerprint density at radius 1 is 1.46 bits per heavy atom. The van der Waals surface area contributed by atoms with Crippen molar-refractivity contribution in [3.8, 4) is 0 Å². The molecule has 13 heavy (non-hydrogen) atoms. The number of hydrogen-bond donors (Lipinski definition) is 1. The Morgan fingerprint density at radius 2 is 2.08 bits per heavy atom. The second-order valence-corrected chi connectivity index (χ2v) is 2.61. The number of aromatic nitrogens is 1. The van der Waals surface area contributed by atoms with E-state index in [2.05, 4.69) is 4.98 Å². The van der Waals surface area contributed by atoms with Crippen LogP contribution in [0.5, 0.6) is 0 Å². The van der Waals surface area contributed by atoms with Crippen molar-refractivity contribution in [1.29, 1.82) is 0 Å². The van der Waals surface area contributed by atoms with Gasteiger partial charge >= 0.3 is 6.18 Å². The molecule has 0 aliphatic rings. The fourth-order valence-electron chi connectivity index (χ4n) is 0.925. The van der Waals surface area contributed by atoms with Crippen molar-refractivity contribution in [2.45, 2.75) is 26.1 Å². The van der Waals surface area contributed by atoms with Gasteiger partial charge in [0.25, 0.3) is 0 Å². The van der Waals surface area contributed by atoms with Gasteiger partial charge in [-0.1, -0.05) is 0 Å². The Morgan fingerprint density at radius 3 is 2.46 bits per heavy atom. The summed E-state index contributed by atoms with van der Waals surface area (Å²) >= 11 is 0. The third kappa shape index (κ3) is 2.73. The van der Waals surface area contributed by atoms with Crippen molar-refractivity contribution < 1.29 is 17.6 Å². The van der Waals surface area contributed by atoms with Crippen LogP contribution in [-0.4, -0.2) is 11.2 Å². The Hall–Kier alpha value is -1.04. The summed E-state index contributed by atoms with van der Waals surface area (Å²) in [7, 11) is 0. The lowest BCUT2D eigenvalue weighted by molar-refractivity contribution is -0.130. The van der Waals surface area contributed by atoms with E-state index in [9.17, 15) is 13.2 Å². The second-order valence-electron chi connectivity index (χ2n) is 2.61. The predicted molar refractivity (Wildman–Crippen MR) is 38.9 cm³/mol. The zero-order valence-electron chi connectivity index (χ0n) is 6.98. The minimum Gasteiger partial charge on any atom is -0.444 e. The fourth-order valence-corrected chi connectivity index (χ4v) is 0.925. The van der Waals surface area contributed by atoms with Gasteiger partial charge in [0, 0.05) is 0 Å². The number of nitrogens with zero attached hydrogens (tertiary/aromatic N) is 1. The van der Waals surface area contributed by atoms with Crippen LogP contribution in [0.3, 0.4) is 0 Å². The monoisotopic (exact) mass is 194 g/mol. The fraction of sp³-hybridized carbons (Fsp3) is 0.571. The molecular formula is C7H9F3N2O. The molecule has 0 saturated heterocycles. The maximum Gasteiger partial charge on any atom is 0.397 e. The smallest absolute Gasteiger partial charge is 0.397 e. The summed E-state index contributed by atoms with van der Waals surface area (Å²) in [6.07, 6.45) is -5.43. The van der Waals surface area contributed by atoms with Crippen LogP contribution < -0.4 is 5.73 Å². The summed E-state index contributed by atoms with van der Waals surface area (Å²) in [6, 6.07) is 0. The first-order valence-corrected chi connectivity index (χ1v) is 3.64. The van der Waals surface area contributed by atoms with E-state index in [1.54, 1.807) is 6.92 Å². The molecule has 3 nitrogen and oxygen atoms in total. The summed E-state index contributed by atoms with van der Waals surface area (Å²) in [6.45, 7) is 1.63. The third-order valence-corrected chi connectivity index (χ3v) is 1.47. The molecule has 1 aromatic rings. The quantitative estimate of drug-likeness (QED) is 0.776. The molecule has 0 saturated carbocycles. The largest absolute Gasteiger partial charge is 0.444 e. The van der Waals surface area contributed by atoms with Gasteiger partial charge in [-0.05, 0) is 6.92 Å². The Kier molecular flexibility index (Phi) is 2.60. The molecule has 0 spiro atoms. The number of halogens is 3. The summed E-state index contributed by atoms with van der Waals surface area (Å²) in [5, 5.41) is 0. The highest BCUT2D eigenvalue weighted by atomic mass is 19.4. The molecule has 0 atom stereocenters. The van der Waals surface area contributed by atoms with Gasteiger partial charge in [0.15, 0.2) is 0 Å². The number of hydrogen-bond acceptors (Lipinski definition) is 3. The van der Waals surface area contributed by atoms with Gasteiger partial charge in [0.1, 0.15) is 12.2 Å². The third-order valence-electron chi connectivity index (χ3n) is 1.47. The number of oxazole rings is 1. The lowest BCUT2D eigenvalue weighted by atomic mass is 10.4. The molecule has 1 aromatic heterocycles. The first-order valence-electron chi connectivity index (χ1n) is 3.64. The molecule has 0 aliphatic heterocycles. The molecule has 0 radical (unpaired) electrons. The Labute approximate surface area is 72.7 Å². The van der Waals surface area contributed by atoms with E-state index in [1.165, 1.54) is 0 Å². The van der Waals surface area contributed by atoms with Gasteiger partial charge in [0.2, 0.25) is 5.89 Å². The van der Waals surface area contributed by atoms with E-state index in [1.807, 2.05) is 0 Å². The normalized spacial score (nSPS) is 12.1. The van der Waals surface area contributed by atoms with Crippen LogP contribution in [0, 0.1) is 6.92 Å². The van der Waals surface area contributed by atoms with Crippen molar-refractivity contribution in [2.75, 3.05) is 0 Å². The molecule has 2 N–H and O–H groups in total. The average Bonchev–Trinajstić information content (AvgIpc) is 2.26. The maximum absolute atomic E-state index is 11.9. The minimum absolute atomic E-state index is 0.0662. The lowest BCUT2D eigenvalue weighted by Gasteiger charge is -2.00. The molecule has 0 amide bonds. The van der Waals surface area contributed by atoms with Crippen molar-refractivity contribution in [1.82, 2.24) is 4.98 Å². The maximum atomic E-state index is 11.9. The van der Waals surface area contributed by atoms with E-state index in [0.717, 1.165) is 0 Å². The highest BCUT2D eigenvalue weighted by molar-refractivity contribution is 5.07. The molecular weight excluding hydrogens is 185 g/mol. The van der Waals surface area contributed by atoms with Gasteiger partial charge in [0.05, 0.1) is 12.2 Å². The zero-order valence-corrected chi connectivity index (χ0v) is 6.98. The molecule has 6 heteroatoms. The molecule has 1 rings (SSSR count). The van der Waals surface area contributed by atoms with E-state index in [0.29, 0.717) is 11.5 Å². The van der Waals surface area contributed by atoms with Crippen LogP contribution in [0.25, 0.3) is 0 Å². The predicted octanol–water partition coefficient (Wildman–Crippen LogP) is 1.55. The molecule has 0 aliphatic carbocycles. The highest BCUT2D eigenvalue weighted by Crippen LogP contribution is 2.22.